The molecule has 21 heavy (non-hydrogen) atoms. The largest absolute Gasteiger partial charge is 0.481 e. The molecule has 0 atom stereocenters. The first-order valence-electron chi connectivity index (χ1n) is 7.14. The Kier molecular flexibility index (Phi) is 3.68. The van der Waals surface area contributed by atoms with Gasteiger partial charge in [0.25, 0.3) is 0 Å². The summed E-state index contributed by atoms with van der Waals surface area (Å²) in [6, 6.07) is 3.88. The molecule has 112 valence electrons. The van der Waals surface area contributed by atoms with Gasteiger partial charge in [0.15, 0.2) is 5.88 Å². The predicted molar refractivity (Wildman–Crippen MR) is 78.8 cm³/mol. The number of amides is 1. The SMILES string of the molecule is COc1ccc2c(n1)c(CCNC(C)=O)c1n2CCCO1. The van der Waals surface area contributed by atoms with Gasteiger partial charge >= 0.3 is 0 Å². The van der Waals surface area contributed by atoms with Gasteiger partial charge in [0.1, 0.15) is 0 Å². The second-order valence-electron chi connectivity index (χ2n) is 5.09. The first-order chi connectivity index (χ1) is 10.2. The van der Waals surface area contributed by atoms with E-state index >= 15 is 0 Å². The van der Waals surface area contributed by atoms with E-state index in [9.17, 15) is 4.79 Å². The van der Waals surface area contributed by atoms with Gasteiger partial charge in [-0.05, 0) is 18.9 Å². The second kappa shape index (κ2) is 5.63. The monoisotopic (exact) mass is 289 g/mol. The van der Waals surface area contributed by atoms with Gasteiger partial charge in [-0.15, -0.1) is 0 Å². The highest BCUT2D eigenvalue weighted by Gasteiger charge is 2.22. The highest BCUT2D eigenvalue weighted by molar-refractivity contribution is 5.84. The van der Waals surface area contributed by atoms with Gasteiger partial charge in [0.05, 0.1) is 24.8 Å². The Morgan fingerprint density at radius 2 is 2.38 bits per heavy atom. The van der Waals surface area contributed by atoms with Gasteiger partial charge in [-0.1, -0.05) is 0 Å². The number of ether oxygens (including phenoxy) is 2. The molecule has 0 unspecified atom stereocenters. The van der Waals surface area contributed by atoms with E-state index in [0.29, 0.717) is 18.8 Å². The molecule has 0 aromatic carbocycles. The van der Waals surface area contributed by atoms with E-state index in [2.05, 4.69) is 14.9 Å². The topological polar surface area (TPSA) is 65.4 Å². The number of fused-ring (bicyclic) bond motifs is 3. The van der Waals surface area contributed by atoms with Gasteiger partial charge in [-0.25, -0.2) is 4.98 Å². The minimum Gasteiger partial charge on any atom is -0.481 e. The van der Waals surface area contributed by atoms with E-state index in [1.165, 1.54) is 6.92 Å². The number of methoxy groups -OCH3 is 1. The van der Waals surface area contributed by atoms with Crippen molar-refractivity contribution >= 4 is 16.9 Å². The number of nitrogens with one attached hydrogen (secondary N) is 1. The van der Waals surface area contributed by atoms with Crippen molar-refractivity contribution in [2.75, 3.05) is 20.3 Å². The van der Waals surface area contributed by atoms with Crippen LogP contribution in [-0.4, -0.2) is 35.7 Å². The molecule has 0 saturated carbocycles. The van der Waals surface area contributed by atoms with E-state index in [-0.39, 0.29) is 5.91 Å². The molecule has 6 nitrogen and oxygen atoms in total. The summed E-state index contributed by atoms with van der Waals surface area (Å²) >= 11 is 0. The lowest BCUT2D eigenvalue weighted by Gasteiger charge is -2.18. The fraction of sp³-hybridized carbons (Fsp3) is 0.467. The Morgan fingerprint density at radius 3 is 3.14 bits per heavy atom. The number of hydrogen-bond donors (Lipinski definition) is 1. The van der Waals surface area contributed by atoms with Crippen molar-refractivity contribution in [3.05, 3.63) is 17.7 Å². The van der Waals surface area contributed by atoms with Crippen LogP contribution < -0.4 is 14.8 Å². The number of carbonyl (C=O) groups excluding carboxylic acids is 1. The van der Waals surface area contributed by atoms with Crippen molar-refractivity contribution in [2.24, 2.45) is 0 Å². The lowest BCUT2D eigenvalue weighted by molar-refractivity contribution is -0.118. The smallest absolute Gasteiger partial charge is 0.216 e. The second-order valence-corrected chi connectivity index (χ2v) is 5.09. The maximum Gasteiger partial charge on any atom is 0.216 e. The lowest BCUT2D eigenvalue weighted by Crippen LogP contribution is -2.23. The van der Waals surface area contributed by atoms with Crippen molar-refractivity contribution in [2.45, 2.75) is 26.3 Å². The summed E-state index contributed by atoms with van der Waals surface area (Å²) in [4.78, 5) is 15.6. The number of carbonyl (C=O) groups is 1. The molecule has 0 aliphatic carbocycles. The molecule has 0 bridgehead atoms. The van der Waals surface area contributed by atoms with Crippen LogP contribution in [0.3, 0.4) is 0 Å². The van der Waals surface area contributed by atoms with Crippen molar-refractivity contribution in [3.8, 4) is 11.8 Å². The number of aromatic nitrogens is 2. The molecular formula is C15H19N3O3. The molecule has 3 rings (SSSR count). The molecule has 0 fully saturated rings. The van der Waals surface area contributed by atoms with Crippen molar-refractivity contribution in [1.29, 1.82) is 0 Å². The first kappa shape index (κ1) is 13.7. The summed E-state index contributed by atoms with van der Waals surface area (Å²) in [5.74, 6) is 1.44. The Morgan fingerprint density at radius 1 is 1.52 bits per heavy atom. The molecule has 0 spiro atoms. The maximum absolute atomic E-state index is 11.0. The van der Waals surface area contributed by atoms with E-state index < -0.39 is 0 Å². The number of hydrogen-bond acceptors (Lipinski definition) is 4. The number of rotatable bonds is 4. The lowest BCUT2D eigenvalue weighted by atomic mass is 10.2. The Labute approximate surface area is 123 Å². The van der Waals surface area contributed by atoms with Crippen LogP contribution in [0, 0.1) is 0 Å². The van der Waals surface area contributed by atoms with Gasteiger partial charge in [-0.3, -0.25) is 4.79 Å². The van der Waals surface area contributed by atoms with Crippen LogP contribution in [0.5, 0.6) is 11.8 Å². The molecule has 1 amide bonds. The van der Waals surface area contributed by atoms with Gasteiger partial charge in [0, 0.05) is 31.6 Å². The van der Waals surface area contributed by atoms with E-state index in [1.807, 2.05) is 12.1 Å². The molecular weight excluding hydrogens is 270 g/mol. The summed E-state index contributed by atoms with van der Waals surface area (Å²) in [7, 11) is 1.61. The average Bonchev–Trinajstić information content (AvgIpc) is 2.81. The molecule has 1 N–H and O–H groups in total. The van der Waals surface area contributed by atoms with Crippen molar-refractivity contribution in [3.63, 3.8) is 0 Å². The van der Waals surface area contributed by atoms with E-state index in [0.717, 1.165) is 42.0 Å². The quantitative estimate of drug-likeness (QED) is 0.926. The zero-order chi connectivity index (χ0) is 14.8. The van der Waals surface area contributed by atoms with Gasteiger partial charge in [-0.2, -0.15) is 0 Å². The molecule has 1 aliphatic rings. The average molecular weight is 289 g/mol. The third kappa shape index (κ3) is 2.53. The minimum atomic E-state index is -0.0289. The zero-order valence-corrected chi connectivity index (χ0v) is 12.3. The number of aryl methyl sites for hydroxylation is 1. The summed E-state index contributed by atoms with van der Waals surface area (Å²) in [6.07, 6.45) is 1.69. The Balaban J connectivity index is 2.04. The molecule has 0 radical (unpaired) electrons. The standard InChI is InChI=1S/C15H19N3O3/c1-10(19)16-7-6-11-14-12(4-5-13(17-14)20-2)18-8-3-9-21-15(11)18/h4-5H,3,6-9H2,1-2H3,(H,16,19). The molecule has 1 aliphatic heterocycles. The minimum absolute atomic E-state index is 0.0289. The third-order valence-corrected chi connectivity index (χ3v) is 3.65. The van der Waals surface area contributed by atoms with Crippen molar-refractivity contribution < 1.29 is 14.3 Å². The molecule has 6 heteroatoms. The highest BCUT2D eigenvalue weighted by atomic mass is 16.5. The van der Waals surface area contributed by atoms with Gasteiger partial charge in [0.2, 0.25) is 11.8 Å². The fourth-order valence-electron chi connectivity index (χ4n) is 2.73. The Hall–Kier alpha value is -2.24. The first-order valence-corrected chi connectivity index (χ1v) is 7.14. The third-order valence-electron chi connectivity index (χ3n) is 3.65. The van der Waals surface area contributed by atoms with Crippen LogP contribution in [-0.2, 0) is 17.8 Å². The molecule has 2 aromatic heterocycles. The highest BCUT2D eigenvalue weighted by Crippen LogP contribution is 2.34. The fourth-order valence-corrected chi connectivity index (χ4v) is 2.73. The zero-order valence-electron chi connectivity index (χ0n) is 12.3. The summed E-state index contributed by atoms with van der Waals surface area (Å²) in [5.41, 5.74) is 3.00. The van der Waals surface area contributed by atoms with Crippen LogP contribution in [0.1, 0.15) is 18.9 Å². The summed E-state index contributed by atoms with van der Waals surface area (Å²) < 4.78 is 13.2. The molecule has 2 aromatic rings. The maximum atomic E-state index is 11.0. The predicted octanol–water partition coefficient (Wildman–Crippen LogP) is 1.51. The van der Waals surface area contributed by atoms with Crippen molar-refractivity contribution in [1.82, 2.24) is 14.9 Å². The number of nitrogens with zero attached hydrogens (tertiary/aromatic N) is 2. The van der Waals surface area contributed by atoms with E-state index in [1.54, 1.807) is 7.11 Å². The van der Waals surface area contributed by atoms with Crippen LogP contribution in [0.4, 0.5) is 0 Å². The number of pyridine rings is 1. The Bertz CT molecular complexity index is 678. The summed E-state index contributed by atoms with van der Waals surface area (Å²) in [5, 5.41) is 2.82. The van der Waals surface area contributed by atoms with E-state index in [4.69, 9.17) is 9.47 Å². The normalized spacial score (nSPS) is 13.6. The van der Waals surface area contributed by atoms with Crippen LogP contribution in [0.25, 0.3) is 11.0 Å². The molecule has 3 heterocycles. The van der Waals surface area contributed by atoms with Crippen LogP contribution >= 0.6 is 0 Å². The van der Waals surface area contributed by atoms with Crippen LogP contribution in [0.2, 0.25) is 0 Å². The summed E-state index contributed by atoms with van der Waals surface area (Å²) in [6.45, 7) is 3.75. The molecule has 0 saturated heterocycles. The van der Waals surface area contributed by atoms with Crippen LogP contribution in [0.15, 0.2) is 12.1 Å². The van der Waals surface area contributed by atoms with Gasteiger partial charge < -0.3 is 19.4 Å².